The molecule has 0 atom stereocenters. The van der Waals surface area contributed by atoms with Gasteiger partial charge in [0.05, 0.1) is 5.60 Å². The van der Waals surface area contributed by atoms with E-state index in [1.165, 1.54) is 11.8 Å². The van der Waals surface area contributed by atoms with Crippen LogP contribution in [0.15, 0.2) is 30.3 Å². The van der Waals surface area contributed by atoms with Crippen LogP contribution in [0.1, 0.15) is 37.3 Å². The Morgan fingerprint density at radius 1 is 1.33 bits per heavy atom. The van der Waals surface area contributed by atoms with Crippen LogP contribution in [0.3, 0.4) is 0 Å². The SMILES string of the molecule is CC(=O)SCCC=Cc1ccc(C2(O)CCNCC2)cc1. The molecule has 3 nitrogen and oxygen atoms in total. The molecule has 1 saturated heterocycles. The predicted octanol–water partition coefficient (Wildman–Crippen LogP) is 2.94. The van der Waals surface area contributed by atoms with E-state index in [9.17, 15) is 9.90 Å². The van der Waals surface area contributed by atoms with Gasteiger partial charge in [0.25, 0.3) is 0 Å². The van der Waals surface area contributed by atoms with Gasteiger partial charge < -0.3 is 10.4 Å². The number of thioether (sulfide) groups is 1. The van der Waals surface area contributed by atoms with E-state index in [2.05, 4.69) is 17.5 Å². The van der Waals surface area contributed by atoms with Crippen LogP contribution in [0.2, 0.25) is 0 Å². The van der Waals surface area contributed by atoms with E-state index in [0.717, 1.165) is 49.2 Å². The highest BCUT2D eigenvalue weighted by Gasteiger charge is 2.30. The van der Waals surface area contributed by atoms with Crippen LogP contribution < -0.4 is 5.32 Å². The van der Waals surface area contributed by atoms with Gasteiger partial charge in [0.15, 0.2) is 5.12 Å². The average Bonchev–Trinajstić information content (AvgIpc) is 2.48. The van der Waals surface area contributed by atoms with Crippen LogP contribution in [0.5, 0.6) is 0 Å². The number of piperidine rings is 1. The predicted molar refractivity (Wildman–Crippen MR) is 89.2 cm³/mol. The third-order valence-corrected chi connectivity index (χ3v) is 4.63. The minimum atomic E-state index is -0.675. The summed E-state index contributed by atoms with van der Waals surface area (Å²) in [6, 6.07) is 8.14. The van der Waals surface area contributed by atoms with E-state index < -0.39 is 5.60 Å². The van der Waals surface area contributed by atoms with Crippen molar-refractivity contribution in [2.75, 3.05) is 18.8 Å². The molecule has 1 fully saturated rings. The zero-order valence-corrected chi connectivity index (χ0v) is 13.3. The van der Waals surface area contributed by atoms with Crippen LogP contribution in [0, 0.1) is 0 Å². The summed E-state index contributed by atoms with van der Waals surface area (Å²) >= 11 is 1.36. The number of rotatable bonds is 5. The molecule has 1 aromatic carbocycles. The number of nitrogens with one attached hydrogen (secondary N) is 1. The highest BCUT2D eigenvalue weighted by molar-refractivity contribution is 8.13. The molecule has 0 bridgehead atoms. The summed E-state index contributed by atoms with van der Waals surface area (Å²) in [4.78, 5) is 10.8. The normalized spacial score (nSPS) is 18.0. The molecule has 1 heterocycles. The van der Waals surface area contributed by atoms with Crippen LogP contribution in [0.4, 0.5) is 0 Å². The molecule has 0 radical (unpaired) electrons. The number of hydrogen-bond acceptors (Lipinski definition) is 4. The molecule has 0 saturated carbocycles. The number of allylic oxidation sites excluding steroid dienone is 1. The highest BCUT2D eigenvalue weighted by atomic mass is 32.2. The molecule has 2 N–H and O–H groups in total. The van der Waals surface area contributed by atoms with Gasteiger partial charge in [-0.15, -0.1) is 0 Å². The molecule has 0 unspecified atom stereocenters. The summed E-state index contributed by atoms with van der Waals surface area (Å²) in [6.45, 7) is 3.33. The van der Waals surface area contributed by atoms with Crippen molar-refractivity contribution in [3.63, 3.8) is 0 Å². The van der Waals surface area contributed by atoms with E-state index in [1.807, 2.05) is 24.3 Å². The molecule has 114 valence electrons. The van der Waals surface area contributed by atoms with Crippen molar-refractivity contribution in [1.82, 2.24) is 5.32 Å². The first-order valence-corrected chi connectivity index (χ1v) is 8.42. The summed E-state index contributed by atoms with van der Waals surface area (Å²) in [5, 5.41) is 14.1. The molecule has 1 aromatic rings. The van der Waals surface area contributed by atoms with Crippen molar-refractivity contribution >= 4 is 23.0 Å². The second kappa shape index (κ2) is 7.78. The van der Waals surface area contributed by atoms with Crippen LogP contribution >= 0.6 is 11.8 Å². The van der Waals surface area contributed by atoms with Crippen LogP contribution in [-0.2, 0) is 10.4 Å². The largest absolute Gasteiger partial charge is 0.385 e. The summed E-state index contributed by atoms with van der Waals surface area (Å²) in [6.07, 6.45) is 6.58. The molecule has 0 aliphatic carbocycles. The topological polar surface area (TPSA) is 49.3 Å². The fourth-order valence-corrected chi connectivity index (χ4v) is 3.07. The van der Waals surface area contributed by atoms with Gasteiger partial charge in [0.2, 0.25) is 0 Å². The van der Waals surface area contributed by atoms with Crippen LogP contribution in [-0.4, -0.2) is 29.1 Å². The lowest BCUT2D eigenvalue weighted by atomic mass is 9.85. The minimum absolute atomic E-state index is 0.169. The van der Waals surface area contributed by atoms with Crippen molar-refractivity contribution < 1.29 is 9.90 Å². The summed E-state index contributed by atoms with van der Waals surface area (Å²) in [5.41, 5.74) is 1.46. The van der Waals surface area contributed by atoms with Crippen molar-refractivity contribution in [2.24, 2.45) is 0 Å². The monoisotopic (exact) mass is 305 g/mol. The third kappa shape index (κ3) is 4.99. The van der Waals surface area contributed by atoms with E-state index in [0.29, 0.717) is 0 Å². The number of carbonyl (C=O) groups excluding carboxylic acids is 1. The molecule has 4 heteroatoms. The van der Waals surface area contributed by atoms with Crippen molar-refractivity contribution in [3.05, 3.63) is 41.5 Å². The molecule has 21 heavy (non-hydrogen) atoms. The number of aliphatic hydroxyl groups is 1. The van der Waals surface area contributed by atoms with Gasteiger partial charge in [-0.2, -0.15) is 0 Å². The maximum Gasteiger partial charge on any atom is 0.185 e. The zero-order valence-electron chi connectivity index (χ0n) is 12.5. The first-order chi connectivity index (χ1) is 10.1. The quantitative estimate of drug-likeness (QED) is 0.821. The lowest BCUT2D eigenvalue weighted by Gasteiger charge is -2.33. The van der Waals surface area contributed by atoms with Gasteiger partial charge in [0, 0.05) is 12.7 Å². The Labute approximate surface area is 130 Å². The van der Waals surface area contributed by atoms with Gasteiger partial charge in [-0.25, -0.2) is 0 Å². The summed E-state index contributed by atoms with van der Waals surface area (Å²) in [7, 11) is 0. The fraction of sp³-hybridized carbons (Fsp3) is 0.471. The lowest BCUT2D eigenvalue weighted by molar-refractivity contribution is -0.109. The average molecular weight is 305 g/mol. The van der Waals surface area contributed by atoms with Crippen molar-refractivity contribution in [3.8, 4) is 0 Å². The smallest absolute Gasteiger partial charge is 0.185 e. The standard InChI is InChI=1S/C17H23NO2S/c1-14(19)21-13-3-2-4-15-5-7-16(8-6-15)17(20)9-11-18-12-10-17/h2,4-8,18,20H,3,9-13H2,1H3. The molecule has 0 aromatic heterocycles. The minimum Gasteiger partial charge on any atom is -0.385 e. The Kier molecular flexibility index (Phi) is 6.03. The summed E-state index contributed by atoms with van der Waals surface area (Å²) in [5.74, 6) is 0.830. The summed E-state index contributed by atoms with van der Waals surface area (Å²) < 4.78 is 0. The van der Waals surface area contributed by atoms with Crippen molar-refractivity contribution in [1.29, 1.82) is 0 Å². The van der Waals surface area contributed by atoms with Crippen LogP contribution in [0.25, 0.3) is 6.08 Å². The molecular formula is C17H23NO2S. The second-order valence-corrected chi connectivity index (χ2v) is 6.71. The Bertz CT molecular complexity index is 490. The number of benzene rings is 1. The van der Waals surface area contributed by atoms with E-state index >= 15 is 0 Å². The van der Waals surface area contributed by atoms with Crippen molar-refractivity contribution in [2.45, 2.75) is 31.8 Å². The molecule has 1 aliphatic heterocycles. The molecule has 1 aliphatic rings. The molecular weight excluding hydrogens is 282 g/mol. The Hall–Kier alpha value is -1.10. The Balaban J connectivity index is 1.89. The molecule has 0 amide bonds. The van der Waals surface area contributed by atoms with Gasteiger partial charge in [-0.05, 0) is 43.5 Å². The van der Waals surface area contributed by atoms with Gasteiger partial charge >= 0.3 is 0 Å². The van der Waals surface area contributed by atoms with E-state index in [4.69, 9.17) is 0 Å². The number of hydrogen-bond donors (Lipinski definition) is 2. The third-order valence-electron chi connectivity index (χ3n) is 3.78. The zero-order chi connectivity index (χ0) is 15.1. The van der Waals surface area contributed by atoms with E-state index in [1.54, 1.807) is 6.92 Å². The van der Waals surface area contributed by atoms with Gasteiger partial charge in [0.1, 0.15) is 0 Å². The van der Waals surface area contributed by atoms with E-state index in [-0.39, 0.29) is 5.12 Å². The first kappa shape index (κ1) is 16.3. The number of carbonyl (C=O) groups is 1. The maximum atomic E-state index is 10.8. The highest BCUT2D eigenvalue weighted by Crippen LogP contribution is 2.30. The molecule has 0 spiro atoms. The first-order valence-electron chi connectivity index (χ1n) is 7.44. The van der Waals surface area contributed by atoms with Gasteiger partial charge in [-0.1, -0.05) is 48.2 Å². The van der Waals surface area contributed by atoms with Gasteiger partial charge in [-0.3, -0.25) is 4.79 Å². The lowest BCUT2D eigenvalue weighted by Crippen LogP contribution is -2.39. The fourth-order valence-electron chi connectivity index (χ4n) is 2.52. The second-order valence-electron chi connectivity index (χ2n) is 5.43. The maximum absolute atomic E-state index is 10.8. The Morgan fingerprint density at radius 3 is 2.62 bits per heavy atom. The Morgan fingerprint density at radius 2 is 2.00 bits per heavy atom. The molecule has 2 rings (SSSR count).